The van der Waals surface area contributed by atoms with Crippen molar-refractivity contribution in [1.29, 1.82) is 0 Å². The highest BCUT2D eigenvalue weighted by molar-refractivity contribution is 5.54. The Labute approximate surface area is 117 Å². The van der Waals surface area contributed by atoms with Gasteiger partial charge in [0, 0.05) is 31.4 Å². The van der Waals surface area contributed by atoms with E-state index in [9.17, 15) is 0 Å². The number of para-hydroxylation sites is 1. The molecule has 104 valence electrons. The minimum Gasteiger partial charge on any atom is -0.371 e. The molecule has 0 spiro atoms. The minimum absolute atomic E-state index is 0.791. The third-order valence-corrected chi connectivity index (χ3v) is 4.47. The molecule has 3 rings (SSSR count). The van der Waals surface area contributed by atoms with E-state index in [1.54, 1.807) is 0 Å². The van der Waals surface area contributed by atoms with Gasteiger partial charge < -0.3 is 10.2 Å². The summed E-state index contributed by atoms with van der Waals surface area (Å²) < 4.78 is 0. The van der Waals surface area contributed by atoms with Gasteiger partial charge in [0.15, 0.2) is 0 Å². The smallest absolute Gasteiger partial charge is 0.0411 e. The monoisotopic (exact) mass is 258 g/mol. The van der Waals surface area contributed by atoms with Crippen molar-refractivity contribution >= 4 is 5.69 Å². The first-order chi connectivity index (χ1) is 9.36. The molecule has 2 fully saturated rings. The van der Waals surface area contributed by atoms with Gasteiger partial charge in [-0.25, -0.2) is 0 Å². The number of nitrogens with one attached hydrogen (secondary N) is 1. The standard InChI is InChI=1S/C17H26N2/c1-2-5-14-10-11-19(13-14)17-7-4-3-6-15(17)12-18-16-8-9-16/h3-4,6-7,14,16,18H,2,5,8-13H2,1H3. The Hall–Kier alpha value is -1.02. The largest absolute Gasteiger partial charge is 0.371 e. The summed E-state index contributed by atoms with van der Waals surface area (Å²) in [5.74, 6) is 0.912. The van der Waals surface area contributed by atoms with Crippen LogP contribution in [0.25, 0.3) is 0 Å². The summed E-state index contributed by atoms with van der Waals surface area (Å²) in [6.45, 7) is 5.84. The van der Waals surface area contributed by atoms with Crippen molar-refractivity contribution < 1.29 is 0 Å². The molecule has 1 atom stereocenters. The first-order valence-corrected chi connectivity index (χ1v) is 7.93. The van der Waals surface area contributed by atoms with Crippen LogP contribution < -0.4 is 10.2 Å². The van der Waals surface area contributed by atoms with Crippen molar-refractivity contribution in [2.24, 2.45) is 5.92 Å². The van der Waals surface area contributed by atoms with Crippen LogP contribution in [0.4, 0.5) is 5.69 Å². The fourth-order valence-corrected chi connectivity index (χ4v) is 3.21. The highest BCUT2D eigenvalue weighted by Crippen LogP contribution is 2.29. The average Bonchev–Trinajstić information content (AvgIpc) is 3.16. The van der Waals surface area contributed by atoms with E-state index in [1.807, 2.05) is 0 Å². The van der Waals surface area contributed by atoms with Crippen molar-refractivity contribution in [2.45, 2.75) is 51.6 Å². The topological polar surface area (TPSA) is 15.3 Å². The van der Waals surface area contributed by atoms with Gasteiger partial charge >= 0.3 is 0 Å². The Balaban J connectivity index is 1.65. The molecule has 1 aromatic carbocycles. The molecule has 1 heterocycles. The molecule has 2 aliphatic rings. The second-order valence-corrected chi connectivity index (χ2v) is 6.17. The van der Waals surface area contributed by atoms with Crippen LogP contribution in [-0.2, 0) is 6.54 Å². The zero-order chi connectivity index (χ0) is 13.1. The van der Waals surface area contributed by atoms with Crippen molar-refractivity contribution in [3.05, 3.63) is 29.8 Å². The molecule has 1 aliphatic heterocycles. The summed E-state index contributed by atoms with van der Waals surface area (Å²) >= 11 is 0. The molecule has 2 heteroatoms. The Kier molecular flexibility index (Phi) is 4.07. The van der Waals surface area contributed by atoms with Gasteiger partial charge in [0.25, 0.3) is 0 Å². The van der Waals surface area contributed by atoms with Gasteiger partial charge in [-0.3, -0.25) is 0 Å². The lowest BCUT2D eigenvalue weighted by Gasteiger charge is -2.22. The van der Waals surface area contributed by atoms with Crippen LogP contribution in [0.1, 0.15) is 44.6 Å². The predicted molar refractivity (Wildman–Crippen MR) is 81.5 cm³/mol. The Bertz CT molecular complexity index is 411. The van der Waals surface area contributed by atoms with Gasteiger partial charge in [-0.1, -0.05) is 31.5 Å². The number of rotatable bonds is 6. The van der Waals surface area contributed by atoms with E-state index in [0.29, 0.717) is 0 Å². The van der Waals surface area contributed by atoms with Crippen LogP contribution >= 0.6 is 0 Å². The van der Waals surface area contributed by atoms with Crippen molar-refractivity contribution in [3.63, 3.8) is 0 Å². The highest BCUT2D eigenvalue weighted by atomic mass is 15.2. The summed E-state index contributed by atoms with van der Waals surface area (Å²) in [5.41, 5.74) is 2.95. The SMILES string of the molecule is CCCC1CCN(c2ccccc2CNC2CC2)C1. The number of benzene rings is 1. The first kappa shape index (κ1) is 13.0. The number of hydrogen-bond donors (Lipinski definition) is 1. The van der Waals surface area contributed by atoms with Gasteiger partial charge in [0.2, 0.25) is 0 Å². The molecule has 19 heavy (non-hydrogen) atoms. The molecule has 1 aliphatic carbocycles. The van der Waals surface area contributed by atoms with E-state index in [0.717, 1.165) is 18.5 Å². The molecular formula is C17H26N2. The zero-order valence-electron chi connectivity index (χ0n) is 12.1. The van der Waals surface area contributed by atoms with Crippen molar-refractivity contribution in [3.8, 4) is 0 Å². The zero-order valence-corrected chi connectivity index (χ0v) is 12.1. The molecule has 1 unspecified atom stereocenters. The Morgan fingerprint density at radius 1 is 1.21 bits per heavy atom. The third kappa shape index (κ3) is 3.30. The van der Waals surface area contributed by atoms with Crippen molar-refractivity contribution in [1.82, 2.24) is 5.32 Å². The van der Waals surface area contributed by atoms with E-state index < -0.39 is 0 Å². The van der Waals surface area contributed by atoms with Crippen LogP contribution in [-0.4, -0.2) is 19.1 Å². The second-order valence-electron chi connectivity index (χ2n) is 6.17. The molecule has 1 N–H and O–H groups in total. The van der Waals surface area contributed by atoms with Gasteiger partial charge in [0.05, 0.1) is 0 Å². The van der Waals surface area contributed by atoms with E-state index in [2.05, 4.69) is 41.4 Å². The molecule has 1 saturated carbocycles. The van der Waals surface area contributed by atoms with Crippen molar-refractivity contribution in [2.75, 3.05) is 18.0 Å². The van der Waals surface area contributed by atoms with Crippen LogP contribution in [0.15, 0.2) is 24.3 Å². The van der Waals surface area contributed by atoms with E-state index >= 15 is 0 Å². The fourth-order valence-electron chi connectivity index (χ4n) is 3.21. The van der Waals surface area contributed by atoms with Gasteiger partial charge in [-0.2, -0.15) is 0 Å². The summed E-state index contributed by atoms with van der Waals surface area (Å²) in [6.07, 6.45) is 6.81. The van der Waals surface area contributed by atoms with E-state index in [1.165, 1.54) is 56.4 Å². The maximum Gasteiger partial charge on any atom is 0.0411 e. The van der Waals surface area contributed by atoms with Crippen LogP contribution in [0.2, 0.25) is 0 Å². The molecule has 0 amide bonds. The molecular weight excluding hydrogens is 232 g/mol. The lowest BCUT2D eigenvalue weighted by molar-refractivity contribution is 0.529. The summed E-state index contributed by atoms with van der Waals surface area (Å²) in [5, 5.41) is 3.65. The predicted octanol–water partition coefficient (Wildman–Crippen LogP) is 3.57. The summed E-state index contributed by atoms with van der Waals surface area (Å²) in [4.78, 5) is 2.60. The van der Waals surface area contributed by atoms with E-state index in [4.69, 9.17) is 0 Å². The molecule has 2 nitrogen and oxygen atoms in total. The van der Waals surface area contributed by atoms with Crippen LogP contribution in [0.3, 0.4) is 0 Å². The van der Waals surface area contributed by atoms with Crippen LogP contribution in [0, 0.1) is 5.92 Å². The second kappa shape index (κ2) is 5.96. The first-order valence-electron chi connectivity index (χ1n) is 7.93. The maximum atomic E-state index is 3.65. The van der Waals surface area contributed by atoms with Gasteiger partial charge in [-0.15, -0.1) is 0 Å². The lowest BCUT2D eigenvalue weighted by atomic mass is 10.0. The number of hydrogen-bond acceptors (Lipinski definition) is 2. The number of anilines is 1. The fraction of sp³-hybridized carbons (Fsp3) is 0.647. The van der Waals surface area contributed by atoms with Gasteiger partial charge in [-0.05, 0) is 43.2 Å². The quantitative estimate of drug-likeness (QED) is 0.839. The Morgan fingerprint density at radius 2 is 2.05 bits per heavy atom. The van der Waals surface area contributed by atoms with Gasteiger partial charge in [0.1, 0.15) is 0 Å². The number of nitrogens with zero attached hydrogens (tertiary/aromatic N) is 1. The minimum atomic E-state index is 0.791. The third-order valence-electron chi connectivity index (χ3n) is 4.47. The maximum absolute atomic E-state index is 3.65. The highest BCUT2D eigenvalue weighted by Gasteiger charge is 2.24. The summed E-state index contributed by atoms with van der Waals surface area (Å²) in [6, 6.07) is 9.74. The molecule has 1 aromatic rings. The summed E-state index contributed by atoms with van der Waals surface area (Å²) in [7, 11) is 0. The molecule has 0 radical (unpaired) electrons. The molecule has 1 saturated heterocycles. The normalized spacial score (nSPS) is 23.0. The molecule has 0 aromatic heterocycles. The average molecular weight is 258 g/mol. The lowest BCUT2D eigenvalue weighted by Crippen LogP contribution is -2.23. The Morgan fingerprint density at radius 3 is 2.84 bits per heavy atom. The van der Waals surface area contributed by atoms with E-state index in [-0.39, 0.29) is 0 Å². The molecule has 0 bridgehead atoms. The van der Waals surface area contributed by atoms with Crippen LogP contribution in [0.5, 0.6) is 0 Å².